The van der Waals surface area contributed by atoms with Crippen LogP contribution in [0.15, 0.2) is 0 Å². The van der Waals surface area contributed by atoms with E-state index in [0.717, 1.165) is 0 Å². The van der Waals surface area contributed by atoms with Crippen LogP contribution in [0.4, 0.5) is 0 Å². The highest BCUT2D eigenvalue weighted by molar-refractivity contribution is 14.1. The first kappa shape index (κ1) is 16.6. The van der Waals surface area contributed by atoms with Gasteiger partial charge in [-0.25, -0.2) is 21.6 Å². The maximum absolute atomic E-state index is 12.2. The van der Waals surface area contributed by atoms with Gasteiger partial charge in [-0.2, -0.15) is 0 Å². The molecule has 0 aromatic heterocycles. The van der Waals surface area contributed by atoms with Gasteiger partial charge in [0.2, 0.25) is 10.0 Å². The third-order valence-electron chi connectivity index (χ3n) is 3.23. The van der Waals surface area contributed by atoms with Crippen LogP contribution in [0.25, 0.3) is 0 Å². The molecule has 1 N–H and O–H groups in total. The van der Waals surface area contributed by atoms with Crippen LogP contribution in [-0.4, -0.2) is 44.1 Å². The Hall–Kier alpha value is 0.590. The number of rotatable bonds is 5. The van der Waals surface area contributed by atoms with Gasteiger partial charge < -0.3 is 0 Å². The second kappa shape index (κ2) is 6.36. The van der Waals surface area contributed by atoms with E-state index in [1.54, 1.807) is 0 Å². The zero-order valence-electron chi connectivity index (χ0n) is 10.6. The second-order valence-electron chi connectivity index (χ2n) is 5.02. The van der Waals surface area contributed by atoms with Crippen molar-refractivity contribution in [3.05, 3.63) is 0 Å². The summed E-state index contributed by atoms with van der Waals surface area (Å²) in [6, 6.07) is -0.0888. The van der Waals surface area contributed by atoms with Gasteiger partial charge >= 0.3 is 0 Å². The lowest BCUT2D eigenvalue weighted by Crippen LogP contribution is -2.46. The molecule has 1 fully saturated rings. The molecule has 0 aromatic rings. The number of hydrogen-bond donors (Lipinski definition) is 1. The summed E-state index contributed by atoms with van der Waals surface area (Å²) < 4.78 is 50.3. The van der Waals surface area contributed by atoms with Crippen LogP contribution in [-0.2, 0) is 19.9 Å². The number of sulfonamides is 1. The van der Waals surface area contributed by atoms with E-state index in [9.17, 15) is 16.8 Å². The molecule has 0 radical (unpaired) electrons. The summed E-state index contributed by atoms with van der Waals surface area (Å²) in [5, 5.41) is -0.565. The van der Waals surface area contributed by atoms with E-state index >= 15 is 0 Å². The lowest BCUT2D eigenvalue weighted by molar-refractivity contribution is 0.476. The van der Waals surface area contributed by atoms with Crippen LogP contribution in [0.1, 0.15) is 26.7 Å². The highest BCUT2D eigenvalue weighted by Gasteiger charge is 2.34. The van der Waals surface area contributed by atoms with Gasteiger partial charge in [-0.3, -0.25) is 0 Å². The van der Waals surface area contributed by atoms with Crippen molar-refractivity contribution in [1.29, 1.82) is 0 Å². The van der Waals surface area contributed by atoms with E-state index < -0.39 is 25.1 Å². The van der Waals surface area contributed by atoms with Crippen LogP contribution in [0.3, 0.4) is 0 Å². The summed E-state index contributed by atoms with van der Waals surface area (Å²) in [7, 11) is -6.43. The van der Waals surface area contributed by atoms with Crippen LogP contribution in [0, 0.1) is 5.92 Å². The first-order valence-corrected chi connectivity index (χ1v) is 10.8. The molecule has 1 unspecified atom stereocenters. The molecule has 5 nitrogen and oxygen atoms in total. The minimum Gasteiger partial charge on any atom is -0.229 e. The standard InChI is InChI=1S/C10H20INO4S2/c1-8(2)10(7-11)12-18(15,16)9-3-5-17(13,14)6-4-9/h8-10,12H,3-7H2,1-2H3. The largest absolute Gasteiger partial charge is 0.229 e. The Labute approximate surface area is 123 Å². The molecule has 1 atom stereocenters. The summed E-state index contributed by atoms with van der Waals surface area (Å²) in [4.78, 5) is 0. The third kappa shape index (κ3) is 4.61. The Balaban J connectivity index is 2.70. The van der Waals surface area contributed by atoms with Crippen molar-refractivity contribution in [3.63, 3.8) is 0 Å². The van der Waals surface area contributed by atoms with E-state index in [-0.39, 0.29) is 36.3 Å². The Morgan fingerprint density at radius 2 is 1.78 bits per heavy atom. The van der Waals surface area contributed by atoms with E-state index in [1.165, 1.54) is 0 Å². The number of sulfone groups is 1. The third-order valence-corrected chi connectivity index (χ3v) is 7.87. The molecule has 1 saturated heterocycles. The fraction of sp³-hybridized carbons (Fsp3) is 1.00. The molecule has 0 spiro atoms. The van der Waals surface area contributed by atoms with Crippen molar-refractivity contribution >= 4 is 42.5 Å². The molecule has 1 rings (SSSR count). The molecule has 0 aromatic carbocycles. The SMILES string of the molecule is CC(C)C(CI)NS(=O)(=O)C1CCS(=O)(=O)CC1. The molecule has 0 bridgehead atoms. The average molecular weight is 409 g/mol. The van der Waals surface area contributed by atoms with Crippen LogP contribution < -0.4 is 4.72 Å². The molecule has 1 heterocycles. The van der Waals surface area contributed by atoms with E-state index in [1.807, 2.05) is 13.8 Å². The summed E-state index contributed by atoms with van der Waals surface area (Å²) in [5.74, 6) is 0.189. The van der Waals surface area contributed by atoms with Gasteiger partial charge in [0.05, 0.1) is 16.8 Å². The second-order valence-corrected chi connectivity index (χ2v) is 10.2. The van der Waals surface area contributed by atoms with Gasteiger partial charge in [0.15, 0.2) is 0 Å². The molecule has 1 aliphatic heterocycles. The number of halogens is 1. The molecule has 0 aliphatic carbocycles. The maximum Gasteiger partial charge on any atom is 0.214 e. The predicted octanol–water partition coefficient (Wildman–Crippen LogP) is 0.943. The summed E-state index contributed by atoms with van der Waals surface area (Å²) in [5.41, 5.74) is 0. The highest BCUT2D eigenvalue weighted by Crippen LogP contribution is 2.20. The lowest BCUT2D eigenvalue weighted by atomic mass is 10.1. The van der Waals surface area contributed by atoms with Gasteiger partial charge in [0.1, 0.15) is 9.84 Å². The van der Waals surface area contributed by atoms with Crippen LogP contribution in [0.2, 0.25) is 0 Å². The highest BCUT2D eigenvalue weighted by atomic mass is 127. The Morgan fingerprint density at radius 1 is 1.28 bits per heavy atom. The number of alkyl halides is 1. The minimum atomic E-state index is -3.41. The Bertz CT molecular complexity index is 458. The predicted molar refractivity (Wildman–Crippen MR) is 81.2 cm³/mol. The van der Waals surface area contributed by atoms with Crippen LogP contribution in [0.5, 0.6) is 0 Å². The van der Waals surface area contributed by atoms with Gasteiger partial charge in [-0.1, -0.05) is 36.4 Å². The van der Waals surface area contributed by atoms with Crippen molar-refractivity contribution in [2.45, 2.75) is 38.0 Å². The zero-order chi connectivity index (χ0) is 14.0. The van der Waals surface area contributed by atoms with Gasteiger partial charge in [0.25, 0.3) is 0 Å². The summed E-state index contributed by atoms with van der Waals surface area (Å²) in [6.07, 6.45) is 0.424. The molecule has 108 valence electrons. The van der Waals surface area contributed by atoms with Crippen molar-refractivity contribution in [2.24, 2.45) is 5.92 Å². The van der Waals surface area contributed by atoms with Crippen molar-refractivity contribution in [3.8, 4) is 0 Å². The van der Waals surface area contributed by atoms with Crippen molar-refractivity contribution < 1.29 is 16.8 Å². The van der Waals surface area contributed by atoms with E-state index in [0.29, 0.717) is 4.43 Å². The monoisotopic (exact) mass is 409 g/mol. The average Bonchev–Trinajstić information content (AvgIpc) is 2.25. The van der Waals surface area contributed by atoms with Crippen molar-refractivity contribution in [2.75, 3.05) is 15.9 Å². The van der Waals surface area contributed by atoms with Gasteiger partial charge in [0, 0.05) is 10.5 Å². The van der Waals surface area contributed by atoms with Gasteiger partial charge in [-0.15, -0.1) is 0 Å². The first-order valence-electron chi connectivity index (χ1n) is 5.95. The minimum absolute atomic E-state index is 0.0187. The smallest absolute Gasteiger partial charge is 0.214 e. The summed E-state index contributed by atoms with van der Waals surface area (Å²) in [6.45, 7) is 3.94. The number of hydrogen-bond acceptors (Lipinski definition) is 4. The summed E-state index contributed by atoms with van der Waals surface area (Å²) >= 11 is 2.16. The molecule has 0 saturated carbocycles. The van der Waals surface area contributed by atoms with E-state index in [4.69, 9.17) is 0 Å². The Kier molecular flexibility index (Phi) is 5.88. The molecule has 18 heavy (non-hydrogen) atoms. The Morgan fingerprint density at radius 3 is 2.17 bits per heavy atom. The fourth-order valence-corrected chi connectivity index (χ4v) is 6.98. The molecule has 8 heteroatoms. The molecular weight excluding hydrogens is 389 g/mol. The van der Waals surface area contributed by atoms with E-state index in [2.05, 4.69) is 27.3 Å². The fourth-order valence-electron chi connectivity index (χ4n) is 1.83. The molecular formula is C10H20INO4S2. The van der Waals surface area contributed by atoms with Gasteiger partial charge in [-0.05, 0) is 18.8 Å². The zero-order valence-corrected chi connectivity index (χ0v) is 14.4. The number of nitrogens with one attached hydrogen (secondary N) is 1. The molecule has 1 aliphatic rings. The normalized spacial score (nSPS) is 23.1. The van der Waals surface area contributed by atoms with Crippen molar-refractivity contribution in [1.82, 2.24) is 4.72 Å². The lowest BCUT2D eigenvalue weighted by Gasteiger charge is -2.26. The maximum atomic E-state index is 12.2. The topological polar surface area (TPSA) is 80.3 Å². The molecule has 0 amide bonds. The quantitative estimate of drug-likeness (QED) is 0.542. The first-order chi connectivity index (χ1) is 8.18. The van der Waals surface area contributed by atoms with Crippen LogP contribution >= 0.6 is 22.6 Å².